The summed E-state index contributed by atoms with van der Waals surface area (Å²) in [5, 5.41) is 12.6. The van der Waals surface area contributed by atoms with Crippen molar-refractivity contribution in [3.8, 4) is 6.07 Å². The second kappa shape index (κ2) is 6.21. The number of imidazole rings is 1. The van der Waals surface area contributed by atoms with Gasteiger partial charge >= 0.3 is 0 Å². The van der Waals surface area contributed by atoms with E-state index in [1.54, 1.807) is 6.20 Å². The minimum atomic E-state index is 0.157. The van der Waals surface area contributed by atoms with Gasteiger partial charge in [0.15, 0.2) is 0 Å². The molecule has 0 aliphatic heterocycles. The Labute approximate surface area is 145 Å². The van der Waals surface area contributed by atoms with Gasteiger partial charge in [0.05, 0.1) is 17.9 Å². The first kappa shape index (κ1) is 15.8. The molecule has 0 spiro atoms. The Morgan fingerprint density at radius 2 is 2.26 bits per heavy atom. The second-order valence-corrected chi connectivity index (χ2v) is 7.40. The van der Waals surface area contributed by atoms with Gasteiger partial charge in [-0.15, -0.1) is 0 Å². The number of anilines is 1. The average Bonchev–Trinajstić information content (AvgIpc) is 3.04. The van der Waals surface area contributed by atoms with Crippen LogP contribution >= 0.6 is 15.9 Å². The summed E-state index contributed by atoms with van der Waals surface area (Å²) in [5.74, 6) is 0. The fourth-order valence-corrected chi connectivity index (χ4v) is 3.33. The number of rotatable bonds is 3. The molecule has 3 rings (SSSR count). The van der Waals surface area contributed by atoms with Gasteiger partial charge in [-0.25, -0.2) is 4.98 Å². The first-order valence-corrected chi connectivity index (χ1v) is 8.44. The van der Waals surface area contributed by atoms with Crippen molar-refractivity contribution in [3.63, 3.8) is 0 Å². The predicted octanol–water partition coefficient (Wildman–Crippen LogP) is 4.66. The van der Waals surface area contributed by atoms with Crippen LogP contribution in [0.4, 0.5) is 5.69 Å². The summed E-state index contributed by atoms with van der Waals surface area (Å²) in [7, 11) is 0. The van der Waals surface area contributed by atoms with E-state index < -0.39 is 0 Å². The number of nitrogens with zero attached hydrogens (tertiary/aromatic N) is 3. The Balaban J connectivity index is 1.88. The molecular formula is C18H19BrN4. The molecule has 0 amide bonds. The molecule has 1 atom stereocenters. The smallest absolute Gasteiger partial charge is 0.100 e. The summed E-state index contributed by atoms with van der Waals surface area (Å²) in [5.41, 5.74) is 3.09. The number of nitrogens with one attached hydrogen (secondary N) is 1. The van der Waals surface area contributed by atoms with Gasteiger partial charge in [0.1, 0.15) is 6.07 Å². The fraction of sp³-hybridized carbons (Fsp3) is 0.333. The molecule has 23 heavy (non-hydrogen) atoms. The van der Waals surface area contributed by atoms with E-state index in [2.05, 4.69) is 56.8 Å². The van der Waals surface area contributed by atoms with Crippen LogP contribution in [0.15, 0.2) is 47.5 Å². The van der Waals surface area contributed by atoms with Crippen LogP contribution in [-0.4, -0.2) is 15.6 Å². The highest BCUT2D eigenvalue weighted by atomic mass is 79.9. The number of allylic oxidation sites excluding steroid dienone is 1. The number of halogens is 1. The first-order chi connectivity index (χ1) is 11.0. The zero-order valence-corrected chi connectivity index (χ0v) is 14.8. The molecule has 1 aromatic heterocycles. The lowest BCUT2D eigenvalue weighted by Gasteiger charge is -2.38. The molecule has 0 radical (unpaired) electrons. The Bertz CT molecular complexity index is 769. The molecule has 5 heteroatoms. The zero-order valence-electron chi connectivity index (χ0n) is 13.3. The largest absolute Gasteiger partial charge is 0.378 e. The molecular weight excluding hydrogens is 352 g/mol. The van der Waals surface area contributed by atoms with E-state index in [1.807, 2.05) is 30.7 Å². The van der Waals surface area contributed by atoms with Crippen LogP contribution < -0.4 is 5.32 Å². The topological polar surface area (TPSA) is 53.6 Å². The van der Waals surface area contributed by atoms with Crippen LogP contribution in [0, 0.1) is 16.7 Å². The van der Waals surface area contributed by atoms with E-state index in [0.717, 1.165) is 23.0 Å². The van der Waals surface area contributed by atoms with Gasteiger partial charge < -0.3 is 9.88 Å². The van der Waals surface area contributed by atoms with Crippen LogP contribution in [-0.2, 0) is 0 Å². The zero-order chi connectivity index (χ0) is 16.4. The third-order valence-corrected chi connectivity index (χ3v) is 5.13. The monoisotopic (exact) mass is 370 g/mol. The minimum Gasteiger partial charge on any atom is -0.378 e. The molecule has 0 bridgehead atoms. The van der Waals surface area contributed by atoms with Crippen molar-refractivity contribution in [1.29, 1.82) is 5.26 Å². The normalized spacial score (nSPS) is 19.7. The van der Waals surface area contributed by atoms with Crippen LogP contribution in [0.2, 0.25) is 0 Å². The predicted molar refractivity (Wildman–Crippen MR) is 95.8 cm³/mol. The third kappa shape index (κ3) is 3.32. The molecule has 1 N–H and O–H groups in total. The van der Waals surface area contributed by atoms with Gasteiger partial charge in [0.2, 0.25) is 0 Å². The van der Waals surface area contributed by atoms with Crippen molar-refractivity contribution in [2.24, 2.45) is 5.41 Å². The van der Waals surface area contributed by atoms with E-state index >= 15 is 0 Å². The van der Waals surface area contributed by atoms with Crippen LogP contribution in [0.1, 0.15) is 32.3 Å². The van der Waals surface area contributed by atoms with E-state index in [4.69, 9.17) is 5.26 Å². The highest BCUT2D eigenvalue weighted by molar-refractivity contribution is 9.10. The van der Waals surface area contributed by atoms with Crippen molar-refractivity contribution >= 4 is 27.3 Å². The molecule has 1 aromatic carbocycles. The van der Waals surface area contributed by atoms with Crippen LogP contribution in [0.25, 0.3) is 5.70 Å². The molecule has 4 nitrogen and oxygen atoms in total. The maximum atomic E-state index is 9.04. The molecule has 1 unspecified atom stereocenters. The quantitative estimate of drug-likeness (QED) is 0.854. The van der Waals surface area contributed by atoms with E-state index in [1.165, 1.54) is 5.70 Å². The highest BCUT2D eigenvalue weighted by Crippen LogP contribution is 2.38. The number of hydrogen-bond acceptors (Lipinski definition) is 3. The molecule has 118 valence electrons. The molecule has 2 aromatic rings. The summed E-state index contributed by atoms with van der Waals surface area (Å²) in [4.78, 5) is 4.14. The number of hydrogen-bond donors (Lipinski definition) is 1. The maximum absolute atomic E-state index is 9.04. The molecule has 1 aliphatic rings. The molecule has 1 aliphatic carbocycles. The molecule has 0 saturated carbocycles. The summed E-state index contributed by atoms with van der Waals surface area (Å²) in [6.45, 7) is 4.56. The van der Waals surface area contributed by atoms with E-state index in [-0.39, 0.29) is 11.5 Å². The highest BCUT2D eigenvalue weighted by Gasteiger charge is 2.32. The summed E-state index contributed by atoms with van der Waals surface area (Å²) in [6.07, 6.45) is 10.1. The SMILES string of the molecule is CC1(C)CCC(n2ccnc2)=CC1Nc1ccc(C#N)c(Br)c1. The Morgan fingerprint density at radius 3 is 2.91 bits per heavy atom. The van der Waals surface area contributed by atoms with Crippen molar-refractivity contribution in [3.05, 3.63) is 53.0 Å². The third-order valence-electron chi connectivity index (χ3n) is 4.47. The number of nitriles is 1. The fourth-order valence-electron chi connectivity index (χ4n) is 2.86. The lowest BCUT2D eigenvalue weighted by molar-refractivity contribution is 0.304. The molecule has 0 fully saturated rings. The number of aromatic nitrogens is 2. The van der Waals surface area contributed by atoms with Crippen molar-refractivity contribution < 1.29 is 0 Å². The summed E-state index contributed by atoms with van der Waals surface area (Å²) >= 11 is 3.45. The lowest BCUT2D eigenvalue weighted by atomic mass is 9.75. The van der Waals surface area contributed by atoms with Crippen LogP contribution in [0.5, 0.6) is 0 Å². The Morgan fingerprint density at radius 1 is 1.43 bits per heavy atom. The summed E-state index contributed by atoms with van der Waals surface area (Å²) < 4.78 is 2.90. The maximum Gasteiger partial charge on any atom is 0.100 e. The Hall–Kier alpha value is -2.06. The van der Waals surface area contributed by atoms with Crippen LogP contribution in [0.3, 0.4) is 0 Å². The van der Waals surface area contributed by atoms with Crippen molar-refractivity contribution in [2.45, 2.75) is 32.7 Å². The van der Waals surface area contributed by atoms with Gasteiger partial charge in [-0.3, -0.25) is 0 Å². The van der Waals surface area contributed by atoms with Crippen molar-refractivity contribution in [1.82, 2.24) is 9.55 Å². The second-order valence-electron chi connectivity index (χ2n) is 6.54. The standard InChI is InChI=1S/C18H19BrN4/c1-18(2)6-5-15(23-8-7-21-12-23)10-17(18)22-14-4-3-13(11-20)16(19)9-14/h3-4,7-10,12,17,22H,5-6H2,1-2H3. The van der Waals surface area contributed by atoms with Crippen molar-refractivity contribution in [2.75, 3.05) is 5.32 Å². The van der Waals surface area contributed by atoms with Gasteiger partial charge in [-0.1, -0.05) is 13.8 Å². The average molecular weight is 371 g/mol. The van der Waals surface area contributed by atoms with Gasteiger partial charge in [0.25, 0.3) is 0 Å². The van der Waals surface area contributed by atoms with E-state index in [9.17, 15) is 0 Å². The molecule has 0 saturated heterocycles. The first-order valence-electron chi connectivity index (χ1n) is 7.65. The van der Waals surface area contributed by atoms with Gasteiger partial charge in [-0.2, -0.15) is 5.26 Å². The number of benzene rings is 1. The van der Waals surface area contributed by atoms with Gasteiger partial charge in [0, 0.05) is 28.3 Å². The van der Waals surface area contributed by atoms with Gasteiger partial charge in [-0.05, 0) is 58.5 Å². The summed E-state index contributed by atoms with van der Waals surface area (Å²) in [6, 6.07) is 8.15. The lowest BCUT2D eigenvalue weighted by Crippen LogP contribution is -2.37. The molecule has 1 heterocycles. The van der Waals surface area contributed by atoms with E-state index in [0.29, 0.717) is 5.56 Å². The Kier molecular flexibility index (Phi) is 4.27. The minimum absolute atomic E-state index is 0.157.